The van der Waals surface area contributed by atoms with E-state index in [1.54, 1.807) is 0 Å². The molecule has 5 rings (SSSR count). The molecule has 6 N–H and O–H groups in total. The first kappa shape index (κ1) is 34.7. The highest BCUT2D eigenvalue weighted by molar-refractivity contribution is 5.22. The molecular weight excluding hydrogens is 560 g/mol. The van der Waals surface area contributed by atoms with E-state index in [0.717, 1.165) is 44.1 Å². The van der Waals surface area contributed by atoms with E-state index >= 15 is 0 Å². The number of rotatable bonds is 8. The second-order valence-corrected chi connectivity index (χ2v) is 17.3. The summed E-state index contributed by atoms with van der Waals surface area (Å²) in [6.45, 7) is 15.6. The van der Waals surface area contributed by atoms with E-state index in [-0.39, 0.29) is 34.4 Å². The van der Waals surface area contributed by atoms with Crippen molar-refractivity contribution in [2.75, 3.05) is 13.2 Å². The molecule has 1 aliphatic heterocycles. The largest absolute Gasteiger partial charge is 0.394 e. The Morgan fingerprint density at radius 2 is 1.52 bits per heavy atom. The molecule has 4 aliphatic carbocycles. The molecule has 13 atom stereocenters. The number of aliphatic hydroxyl groups is 6. The van der Waals surface area contributed by atoms with Gasteiger partial charge in [0.15, 0.2) is 6.29 Å². The maximum atomic E-state index is 11.0. The Morgan fingerprint density at radius 1 is 0.841 bits per heavy atom. The van der Waals surface area contributed by atoms with Crippen LogP contribution in [0.3, 0.4) is 0 Å². The van der Waals surface area contributed by atoms with Crippen molar-refractivity contribution < 1.29 is 40.1 Å². The molecule has 0 unspecified atom stereocenters. The van der Waals surface area contributed by atoms with Crippen molar-refractivity contribution in [3.05, 3.63) is 11.6 Å². The van der Waals surface area contributed by atoms with Crippen LogP contribution in [-0.2, 0) is 9.47 Å². The topological polar surface area (TPSA) is 140 Å². The van der Waals surface area contributed by atoms with Crippen LogP contribution in [0.4, 0.5) is 0 Å². The van der Waals surface area contributed by atoms with Crippen LogP contribution in [0.25, 0.3) is 0 Å². The highest BCUT2D eigenvalue weighted by atomic mass is 16.7. The quantitative estimate of drug-likeness (QED) is 0.220. The summed E-state index contributed by atoms with van der Waals surface area (Å²) in [5, 5.41) is 62.3. The zero-order valence-corrected chi connectivity index (χ0v) is 28.3. The van der Waals surface area contributed by atoms with Gasteiger partial charge in [0.1, 0.15) is 24.4 Å². The molecule has 44 heavy (non-hydrogen) atoms. The molecule has 5 aliphatic rings. The van der Waals surface area contributed by atoms with Crippen molar-refractivity contribution in [3.8, 4) is 0 Å². The Morgan fingerprint density at radius 3 is 2.18 bits per heavy atom. The summed E-state index contributed by atoms with van der Waals surface area (Å²) in [5.74, 6) is 1.93. The average molecular weight is 623 g/mol. The fraction of sp³-hybridized carbons (Fsp3) is 0.944. The van der Waals surface area contributed by atoms with Crippen molar-refractivity contribution in [2.45, 2.75) is 155 Å². The Labute approximate surface area is 265 Å². The van der Waals surface area contributed by atoms with E-state index in [9.17, 15) is 30.6 Å². The Hall–Kier alpha value is -0.580. The fourth-order valence-corrected chi connectivity index (χ4v) is 11.5. The van der Waals surface area contributed by atoms with Gasteiger partial charge in [-0.1, -0.05) is 40.7 Å². The molecule has 0 aromatic heterocycles. The summed E-state index contributed by atoms with van der Waals surface area (Å²) in [5.41, 5.74) is 0.883. The van der Waals surface area contributed by atoms with Crippen LogP contribution >= 0.6 is 0 Å². The molecule has 5 fully saturated rings. The lowest BCUT2D eigenvalue weighted by Gasteiger charge is -2.69. The fourth-order valence-electron chi connectivity index (χ4n) is 11.5. The summed E-state index contributed by atoms with van der Waals surface area (Å²) in [6.07, 6.45) is 5.70. The minimum atomic E-state index is -1.47. The van der Waals surface area contributed by atoms with E-state index in [4.69, 9.17) is 9.47 Å². The van der Waals surface area contributed by atoms with E-state index in [0.29, 0.717) is 36.5 Å². The number of allylic oxidation sites excluding steroid dienone is 1. The number of hydrogen-bond acceptors (Lipinski definition) is 8. The predicted molar refractivity (Wildman–Crippen MR) is 168 cm³/mol. The van der Waals surface area contributed by atoms with E-state index in [2.05, 4.69) is 40.7 Å². The van der Waals surface area contributed by atoms with Crippen molar-refractivity contribution in [3.63, 3.8) is 0 Å². The summed E-state index contributed by atoms with van der Waals surface area (Å²) in [7, 11) is 0. The second kappa shape index (κ2) is 12.1. The van der Waals surface area contributed by atoms with Crippen molar-refractivity contribution in [2.24, 2.45) is 45.3 Å². The van der Waals surface area contributed by atoms with Crippen LogP contribution in [-0.4, -0.2) is 86.3 Å². The van der Waals surface area contributed by atoms with Gasteiger partial charge in [0.25, 0.3) is 0 Å². The number of ether oxygens (including phenoxy) is 2. The second-order valence-electron chi connectivity index (χ2n) is 17.3. The lowest BCUT2D eigenvalue weighted by atomic mass is 9.35. The number of hydrogen-bond donors (Lipinski definition) is 6. The van der Waals surface area contributed by atoms with Crippen LogP contribution in [0.15, 0.2) is 11.6 Å². The van der Waals surface area contributed by atoms with Gasteiger partial charge in [0.05, 0.1) is 24.9 Å². The number of fused-ring (bicyclic) bond motifs is 5. The molecule has 0 aromatic carbocycles. The Balaban J connectivity index is 1.39. The average Bonchev–Trinajstić information content (AvgIpc) is 3.30. The third kappa shape index (κ3) is 5.65. The summed E-state index contributed by atoms with van der Waals surface area (Å²) in [6, 6.07) is 0. The minimum absolute atomic E-state index is 0.0670. The minimum Gasteiger partial charge on any atom is -0.394 e. The normalized spacial score (nSPS) is 49.2. The first-order chi connectivity index (χ1) is 20.4. The van der Waals surface area contributed by atoms with Gasteiger partial charge in [-0.2, -0.15) is 0 Å². The van der Waals surface area contributed by atoms with E-state index in [1.807, 2.05) is 13.8 Å². The third-order valence-electron chi connectivity index (χ3n) is 14.3. The molecule has 1 saturated heterocycles. The van der Waals surface area contributed by atoms with Gasteiger partial charge in [0, 0.05) is 0 Å². The molecule has 4 saturated carbocycles. The van der Waals surface area contributed by atoms with Crippen molar-refractivity contribution in [1.82, 2.24) is 0 Å². The van der Waals surface area contributed by atoms with Gasteiger partial charge < -0.3 is 40.1 Å². The van der Waals surface area contributed by atoms with Crippen LogP contribution < -0.4 is 0 Å². The summed E-state index contributed by atoms with van der Waals surface area (Å²) >= 11 is 0. The highest BCUT2D eigenvalue weighted by Gasteiger charge is 2.68. The van der Waals surface area contributed by atoms with Crippen molar-refractivity contribution >= 4 is 0 Å². The monoisotopic (exact) mass is 622 g/mol. The Kier molecular flexibility index (Phi) is 9.59. The summed E-state index contributed by atoms with van der Waals surface area (Å²) in [4.78, 5) is 0. The van der Waals surface area contributed by atoms with E-state index < -0.39 is 42.9 Å². The van der Waals surface area contributed by atoms with Gasteiger partial charge in [-0.25, -0.2) is 0 Å². The van der Waals surface area contributed by atoms with Crippen LogP contribution in [0.1, 0.15) is 113 Å². The first-order valence-corrected chi connectivity index (χ1v) is 17.4. The van der Waals surface area contributed by atoms with Gasteiger partial charge >= 0.3 is 0 Å². The van der Waals surface area contributed by atoms with Gasteiger partial charge in [-0.3, -0.25) is 0 Å². The van der Waals surface area contributed by atoms with Gasteiger partial charge in [-0.05, 0) is 129 Å². The molecule has 0 amide bonds. The maximum Gasteiger partial charge on any atom is 0.187 e. The maximum absolute atomic E-state index is 11.0. The molecule has 0 radical (unpaired) electrons. The zero-order valence-electron chi connectivity index (χ0n) is 28.3. The Bertz CT molecular complexity index is 1050. The van der Waals surface area contributed by atoms with Crippen LogP contribution in [0.2, 0.25) is 0 Å². The predicted octanol–water partition coefficient (Wildman–Crippen LogP) is 4.33. The summed E-state index contributed by atoms with van der Waals surface area (Å²) < 4.78 is 11.8. The zero-order chi connectivity index (χ0) is 32.5. The molecule has 0 bridgehead atoms. The molecule has 0 spiro atoms. The van der Waals surface area contributed by atoms with Gasteiger partial charge in [-0.15, -0.1) is 0 Å². The smallest absolute Gasteiger partial charge is 0.187 e. The highest BCUT2D eigenvalue weighted by Crippen LogP contribution is 2.75. The lowest BCUT2D eigenvalue weighted by molar-refractivity contribution is -0.299. The third-order valence-corrected chi connectivity index (χ3v) is 14.3. The molecule has 1 heterocycles. The van der Waals surface area contributed by atoms with Crippen LogP contribution in [0.5, 0.6) is 0 Å². The lowest BCUT2D eigenvalue weighted by Crippen LogP contribution is -2.63. The standard InChI is InChI=1S/C36H62O8/c1-32(2,42)15-8-9-21(20-43-31-30(41)29(40)28(39)24(19-37)44-31)22-12-17-35(6)23(22)10-11-26-34(5)16-14-27(38)33(3,4)25(34)13-18-36(26,35)7/h9,22-31,37-42H,8,10-20H2,1-7H3/b21-9-/t22-,23-,24-,25+,26-,27+,28-,29+,30-,31-,34+,35-,36-/m1/s1. The van der Waals surface area contributed by atoms with Crippen molar-refractivity contribution in [1.29, 1.82) is 0 Å². The molecular formula is C36H62O8. The SMILES string of the molecule is CC(C)(O)CC/C=C(/CO[C@@H]1O[C@H](CO)[C@@H](O)[C@H](O)[C@H]1O)[C@H]1CC[C@]2(C)[C@@H]1CC[C@@H]1[C@@]3(C)CC[C@H](O)C(C)(C)[C@@H]3CC[C@]12C. The van der Waals surface area contributed by atoms with Gasteiger partial charge in [0.2, 0.25) is 0 Å². The molecule has 0 aromatic rings. The molecule has 8 heteroatoms. The number of aliphatic hydroxyl groups excluding tert-OH is 5. The molecule has 254 valence electrons. The first-order valence-electron chi connectivity index (χ1n) is 17.4. The van der Waals surface area contributed by atoms with Crippen LogP contribution in [0, 0.1) is 45.3 Å². The van der Waals surface area contributed by atoms with E-state index in [1.165, 1.54) is 12.8 Å². The molecule has 8 nitrogen and oxygen atoms in total.